The summed E-state index contributed by atoms with van der Waals surface area (Å²) in [5, 5.41) is 7.63. The molecule has 0 bridgehead atoms. The number of fused-ring (bicyclic) bond motifs is 1. The molecule has 0 unspecified atom stereocenters. The Bertz CT molecular complexity index is 834. The number of hydrogen-bond acceptors (Lipinski definition) is 7. The first-order chi connectivity index (χ1) is 10.9. The number of ketones is 1. The summed E-state index contributed by atoms with van der Waals surface area (Å²) in [6.45, 7) is 1.87. The van der Waals surface area contributed by atoms with Crippen LogP contribution < -0.4 is 4.31 Å². The monoisotopic (exact) mass is 369 g/mol. The zero-order valence-electron chi connectivity index (χ0n) is 12.6. The van der Waals surface area contributed by atoms with Gasteiger partial charge in [-0.2, -0.15) is 0 Å². The van der Waals surface area contributed by atoms with E-state index in [0.29, 0.717) is 23.4 Å². The van der Waals surface area contributed by atoms with Crippen molar-refractivity contribution in [3.63, 3.8) is 0 Å². The quantitative estimate of drug-likeness (QED) is 0.594. The van der Waals surface area contributed by atoms with Gasteiger partial charge in [-0.1, -0.05) is 23.1 Å². The Kier molecular flexibility index (Phi) is 4.43. The SMILES string of the molecule is C[C@@H]1Cc2cc(C(=O)CSc3nncs3)ccc2N1S(C)(=O)=O. The van der Waals surface area contributed by atoms with E-state index in [1.54, 1.807) is 23.7 Å². The molecule has 0 fully saturated rings. The summed E-state index contributed by atoms with van der Waals surface area (Å²) in [7, 11) is -3.31. The summed E-state index contributed by atoms with van der Waals surface area (Å²) in [4.78, 5) is 12.3. The van der Waals surface area contributed by atoms with Crippen molar-refractivity contribution in [3.8, 4) is 0 Å². The number of hydrogen-bond donors (Lipinski definition) is 0. The maximum absolute atomic E-state index is 12.3. The number of aromatic nitrogens is 2. The molecule has 2 aromatic rings. The third-order valence-corrected chi connectivity index (χ3v) is 6.71. The Morgan fingerprint density at radius 1 is 1.48 bits per heavy atom. The second-order valence-corrected chi connectivity index (χ2v) is 9.29. The molecule has 1 atom stereocenters. The second kappa shape index (κ2) is 6.21. The first-order valence-electron chi connectivity index (χ1n) is 6.91. The van der Waals surface area contributed by atoms with Crippen molar-refractivity contribution in [1.82, 2.24) is 10.2 Å². The van der Waals surface area contributed by atoms with Gasteiger partial charge in [0.2, 0.25) is 10.0 Å². The van der Waals surface area contributed by atoms with E-state index in [0.717, 1.165) is 9.90 Å². The summed E-state index contributed by atoms with van der Waals surface area (Å²) in [5.41, 5.74) is 3.80. The van der Waals surface area contributed by atoms with E-state index in [1.807, 2.05) is 6.92 Å². The van der Waals surface area contributed by atoms with Gasteiger partial charge in [0.15, 0.2) is 10.1 Å². The van der Waals surface area contributed by atoms with Gasteiger partial charge in [0, 0.05) is 11.6 Å². The molecule has 3 rings (SSSR count). The van der Waals surface area contributed by atoms with E-state index in [-0.39, 0.29) is 11.8 Å². The molecule has 1 aromatic carbocycles. The Balaban J connectivity index is 1.79. The number of anilines is 1. The van der Waals surface area contributed by atoms with E-state index in [1.165, 1.54) is 33.7 Å². The highest BCUT2D eigenvalue weighted by Gasteiger charge is 2.32. The Hall–Kier alpha value is -1.45. The Labute approximate surface area is 143 Å². The molecule has 6 nitrogen and oxygen atoms in total. The number of sulfonamides is 1. The molecule has 23 heavy (non-hydrogen) atoms. The van der Waals surface area contributed by atoms with Crippen LogP contribution in [0.5, 0.6) is 0 Å². The molecule has 1 aliphatic heterocycles. The lowest BCUT2D eigenvalue weighted by molar-refractivity contribution is 0.102. The zero-order chi connectivity index (χ0) is 16.6. The molecule has 122 valence electrons. The van der Waals surface area contributed by atoms with Crippen LogP contribution in [0.25, 0.3) is 0 Å². The molecule has 1 aromatic heterocycles. The highest BCUT2D eigenvalue weighted by molar-refractivity contribution is 8.01. The summed E-state index contributed by atoms with van der Waals surface area (Å²) in [5.74, 6) is 0.290. The summed E-state index contributed by atoms with van der Waals surface area (Å²) >= 11 is 2.76. The molecule has 0 radical (unpaired) electrons. The van der Waals surface area contributed by atoms with Crippen LogP contribution in [0.3, 0.4) is 0 Å². The largest absolute Gasteiger partial charge is 0.293 e. The average Bonchev–Trinajstić information content (AvgIpc) is 3.09. The van der Waals surface area contributed by atoms with Crippen LogP contribution in [0, 0.1) is 0 Å². The number of nitrogens with zero attached hydrogens (tertiary/aromatic N) is 3. The van der Waals surface area contributed by atoms with Crippen molar-refractivity contribution in [1.29, 1.82) is 0 Å². The van der Waals surface area contributed by atoms with Crippen molar-refractivity contribution in [2.75, 3.05) is 16.3 Å². The summed E-state index contributed by atoms with van der Waals surface area (Å²) < 4.78 is 26.0. The van der Waals surface area contributed by atoms with Crippen molar-refractivity contribution in [3.05, 3.63) is 34.8 Å². The maximum atomic E-state index is 12.3. The fourth-order valence-electron chi connectivity index (χ4n) is 2.72. The standard InChI is InChI=1S/C14H15N3O3S3/c1-9-5-11-6-10(3-4-12(11)17(9)23(2,19)20)13(18)7-21-14-16-15-8-22-14/h3-4,6,8-9H,5,7H2,1-2H3/t9-/m1/s1. The van der Waals surface area contributed by atoms with Gasteiger partial charge in [0.05, 0.1) is 17.7 Å². The molecule has 0 saturated heterocycles. The van der Waals surface area contributed by atoms with E-state index >= 15 is 0 Å². The van der Waals surface area contributed by atoms with Crippen LogP contribution in [-0.2, 0) is 16.4 Å². The minimum atomic E-state index is -3.31. The minimum absolute atomic E-state index is 0.00143. The molecule has 0 N–H and O–H groups in total. The fraction of sp³-hybridized carbons (Fsp3) is 0.357. The molecule has 0 amide bonds. The third kappa shape index (κ3) is 3.41. The van der Waals surface area contributed by atoms with Crippen LogP contribution in [0.2, 0.25) is 0 Å². The molecular weight excluding hydrogens is 354 g/mol. The third-order valence-electron chi connectivity index (χ3n) is 3.58. The van der Waals surface area contributed by atoms with E-state index in [4.69, 9.17) is 0 Å². The van der Waals surface area contributed by atoms with E-state index in [9.17, 15) is 13.2 Å². The number of rotatable bonds is 5. The minimum Gasteiger partial charge on any atom is -0.293 e. The fourth-order valence-corrected chi connectivity index (χ4v) is 5.36. The number of benzene rings is 1. The smallest absolute Gasteiger partial charge is 0.232 e. The van der Waals surface area contributed by atoms with E-state index < -0.39 is 10.0 Å². The lowest BCUT2D eigenvalue weighted by Crippen LogP contribution is -2.34. The van der Waals surface area contributed by atoms with Gasteiger partial charge in [0.25, 0.3) is 0 Å². The van der Waals surface area contributed by atoms with Gasteiger partial charge in [-0.3, -0.25) is 9.10 Å². The van der Waals surface area contributed by atoms with Crippen LogP contribution in [0.1, 0.15) is 22.8 Å². The van der Waals surface area contributed by atoms with Crippen LogP contribution in [0.15, 0.2) is 28.0 Å². The predicted molar refractivity (Wildman–Crippen MR) is 91.9 cm³/mol. The van der Waals surface area contributed by atoms with Crippen LogP contribution >= 0.6 is 23.1 Å². The summed E-state index contributed by atoms with van der Waals surface area (Å²) in [6.07, 6.45) is 1.82. The average molecular weight is 369 g/mol. The number of thioether (sulfide) groups is 1. The number of carbonyl (C=O) groups is 1. The predicted octanol–water partition coefficient (Wildman–Crippen LogP) is 2.22. The van der Waals surface area contributed by atoms with E-state index in [2.05, 4.69) is 10.2 Å². The van der Waals surface area contributed by atoms with Gasteiger partial charge in [0.1, 0.15) is 5.51 Å². The maximum Gasteiger partial charge on any atom is 0.232 e. The van der Waals surface area contributed by atoms with Crippen molar-refractivity contribution in [2.24, 2.45) is 0 Å². The summed E-state index contributed by atoms with van der Waals surface area (Å²) in [6, 6.07) is 5.10. The Morgan fingerprint density at radius 3 is 2.91 bits per heavy atom. The first kappa shape index (κ1) is 16.4. The normalized spacial score (nSPS) is 17.3. The van der Waals surface area contributed by atoms with Crippen LogP contribution in [0.4, 0.5) is 5.69 Å². The van der Waals surface area contributed by atoms with Gasteiger partial charge < -0.3 is 0 Å². The number of Topliss-reactive ketones (excluding diaryl/α,β-unsaturated/α-hetero) is 1. The van der Waals surface area contributed by atoms with Crippen molar-refractivity contribution in [2.45, 2.75) is 23.7 Å². The first-order valence-corrected chi connectivity index (χ1v) is 10.6. The van der Waals surface area contributed by atoms with Gasteiger partial charge >= 0.3 is 0 Å². The Morgan fingerprint density at radius 2 is 2.26 bits per heavy atom. The van der Waals surface area contributed by atoms with Crippen molar-refractivity contribution >= 4 is 44.6 Å². The van der Waals surface area contributed by atoms with Gasteiger partial charge in [-0.15, -0.1) is 10.2 Å². The zero-order valence-corrected chi connectivity index (χ0v) is 15.0. The van der Waals surface area contributed by atoms with Gasteiger partial charge in [-0.25, -0.2) is 8.42 Å². The highest BCUT2D eigenvalue weighted by Crippen LogP contribution is 2.35. The van der Waals surface area contributed by atoms with Crippen molar-refractivity contribution < 1.29 is 13.2 Å². The molecule has 2 heterocycles. The molecule has 9 heteroatoms. The molecule has 0 saturated carbocycles. The number of carbonyl (C=O) groups excluding carboxylic acids is 1. The lowest BCUT2D eigenvalue weighted by atomic mass is 10.0. The van der Waals surface area contributed by atoms with Crippen LogP contribution in [-0.4, -0.2) is 42.4 Å². The second-order valence-electron chi connectivity index (χ2n) is 5.37. The highest BCUT2D eigenvalue weighted by atomic mass is 32.2. The molecule has 0 aliphatic carbocycles. The van der Waals surface area contributed by atoms with Gasteiger partial charge in [-0.05, 0) is 37.1 Å². The molecular formula is C14H15N3O3S3. The molecule has 0 spiro atoms. The lowest BCUT2D eigenvalue weighted by Gasteiger charge is -2.21. The topological polar surface area (TPSA) is 80.2 Å². The molecule has 1 aliphatic rings.